The van der Waals surface area contributed by atoms with E-state index in [-0.39, 0.29) is 24.8 Å². The summed E-state index contributed by atoms with van der Waals surface area (Å²) in [5, 5.41) is 22.3. The van der Waals surface area contributed by atoms with Gasteiger partial charge in [-0.2, -0.15) is 0 Å². The number of benzene rings is 1. The van der Waals surface area contributed by atoms with Crippen LogP contribution in [0.25, 0.3) is 0 Å². The predicted octanol–water partition coefficient (Wildman–Crippen LogP) is 1.63. The number of rotatable bonds is 7. The Kier molecular flexibility index (Phi) is 6.53. The second-order valence-electron chi connectivity index (χ2n) is 4.89. The van der Waals surface area contributed by atoms with Crippen LogP contribution in [0, 0.1) is 5.92 Å². The zero-order valence-corrected chi connectivity index (χ0v) is 11.5. The van der Waals surface area contributed by atoms with Crippen molar-refractivity contribution in [2.45, 2.75) is 38.9 Å². The maximum atomic E-state index is 11.7. The van der Waals surface area contributed by atoms with Gasteiger partial charge in [0.05, 0.1) is 18.6 Å². The lowest BCUT2D eigenvalue weighted by atomic mass is 10.0. The number of carbonyl (C=O) groups is 1. The fraction of sp³-hybridized carbons (Fsp3) is 0.533. The third-order valence-corrected chi connectivity index (χ3v) is 3.37. The van der Waals surface area contributed by atoms with E-state index in [4.69, 9.17) is 0 Å². The Balaban J connectivity index is 2.35. The average molecular weight is 265 g/mol. The average Bonchev–Trinajstić information content (AvgIpc) is 2.44. The van der Waals surface area contributed by atoms with Gasteiger partial charge in [0.25, 0.3) is 0 Å². The highest BCUT2D eigenvalue weighted by Gasteiger charge is 2.16. The van der Waals surface area contributed by atoms with Crippen molar-refractivity contribution in [3.05, 3.63) is 35.9 Å². The Hall–Kier alpha value is -1.39. The Morgan fingerprint density at radius 1 is 1.26 bits per heavy atom. The maximum Gasteiger partial charge on any atom is 0.223 e. The van der Waals surface area contributed by atoms with E-state index in [1.807, 2.05) is 32.0 Å². The first kappa shape index (κ1) is 15.7. The van der Waals surface area contributed by atoms with Crippen LogP contribution in [0.5, 0.6) is 0 Å². The van der Waals surface area contributed by atoms with Crippen LogP contribution in [-0.2, 0) is 4.79 Å². The van der Waals surface area contributed by atoms with Gasteiger partial charge in [-0.15, -0.1) is 0 Å². The number of carbonyl (C=O) groups excluding carboxylic acids is 1. The third kappa shape index (κ3) is 5.41. The minimum atomic E-state index is -0.804. The Morgan fingerprint density at radius 2 is 1.89 bits per heavy atom. The molecule has 3 N–H and O–H groups in total. The number of nitrogens with one attached hydrogen (secondary N) is 1. The first-order valence-electron chi connectivity index (χ1n) is 6.72. The Morgan fingerprint density at radius 3 is 2.47 bits per heavy atom. The quantitative estimate of drug-likeness (QED) is 0.702. The molecule has 0 spiro atoms. The minimum absolute atomic E-state index is 0.0112. The van der Waals surface area contributed by atoms with Crippen molar-refractivity contribution in [3.63, 3.8) is 0 Å². The van der Waals surface area contributed by atoms with Crippen molar-refractivity contribution in [2.24, 2.45) is 5.92 Å². The van der Waals surface area contributed by atoms with Gasteiger partial charge in [0.2, 0.25) is 5.91 Å². The summed E-state index contributed by atoms with van der Waals surface area (Å²) in [6, 6.07) is 9.07. The van der Waals surface area contributed by atoms with Gasteiger partial charge >= 0.3 is 0 Å². The molecule has 0 saturated heterocycles. The van der Waals surface area contributed by atoms with Crippen molar-refractivity contribution in [1.82, 2.24) is 5.32 Å². The molecule has 1 aromatic rings. The smallest absolute Gasteiger partial charge is 0.223 e. The maximum absolute atomic E-state index is 11.7. The van der Waals surface area contributed by atoms with E-state index in [9.17, 15) is 15.0 Å². The summed E-state index contributed by atoms with van der Waals surface area (Å²) < 4.78 is 0. The van der Waals surface area contributed by atoms with E-state index < -0.39 is 12.2 Å². The molecule has 0 radical (unpaired) electrons. The molecule has 3 atom stereocenters. The van der Waals surface area contributed by atoms with Crippen LogP contribution in [0.4, 0.5) is 0 Å². The largest absolute Gasteiger partial charge is 0.391 e. The summed E-state index contributed by atoms with van der Waals surface area (Å²) in [5.74, 6) is -0.0990. The van der Waals surface area contributed by atoms with Crippen LogP contribution in [0.3, 0.4) is 0 Å². The molecule has 1 rings (SSSR count). The van der Waals surface area contributed by atoms with Gasteiger partial charge in [-0.05, 0) is 11.5 Å². The van der Waals surface area contributed by atoms with Gasteiger partial charge in [-0.1, -0.05) is 50.6 Å². The van der Waals surface area contributed by atoms with Crippen molar-refractivity contribution >= 4 is 5.91 Å². The predicted molar refractivity (Wildman–Crippen MR) is 74.5 cm³/mol. The minimum Gasteiger partial charge on any atom is -0.391 e. The summed E-state index contributed by atoms with van der Waals surface area (Å²) in [6.07, 6.45) is -0.467. The molecular formula is C15H23NO3. The van der Waals surface area contributed by atoms with Gasteiger partial charge in [0.15, 0.2) is 0 Å². The normalized spacial score (nSPS) is 15.6. The van der Waals surface area contributed by atoms with Crippen LogP contribution in [0.2, 0.25) is 0 Å². The standard InChI is InChI=1S/C15H23NO3/c1-3-11(2)14(18)10-16-15(19)9-13(17)12-7-5-4-6-8-12/h4-8,11,13-14,17-18H,3,9-10H2,1-2H3,(H,16,19). The molecular weight excluding hydrogens is 242 g/mol. The SMILES string of the molecule is CCC(C)C(O)CNC(=O)CC(O)c1ccccc1. The lowest BCUT2D eigenvalue weighted by Gasteiger charge is -2.18. The van der Waals surface area contributed by atoms with Crippen LogP contribution >= 0.6 is 0 Å². The monoisotopic (exact) mass is 265 g/mol. The number of aliphatic hydroxyl groups is 2. The molecule has 1 amide bonds. The Labute approximate surface area is 114 Å². The summed E-state index contributed by atoms with van der Waals surface area (Å²) in [4.78, 5) is 11.7. The van der Waals surface area contributed by atoms with Crippen molar-refractivity contribution in [2.75, 3.05) is 6.54 Å². The van der Waals surface area contributed by atoms with E-state index in [2.05, 4.69) is 5.32 Å². The molecule has 4 nitrogen and oxygen atoms in total. The van der Waals surface area contributed by atoms with Crippen molar-refractivity contribution < 1.29 is 15.0 Å². The van der Waals surface area contributed by atoms with E-state index >= 15 is 0 Å². The molecule has 4 heteroatoms. The van der Waals surface area contributed by atoms with Gasteiger partial charge in [0.1, 0.15) is 0 Å². The second kappa shape index (κ2) is 7.92. The highest BCUT2D eigenvalue weighted by atomic mass is 16.3. The van der Waals surface area contributed by atoms with Crippen molar-refractivity contribution in [3.8, 4) is 0 Å². The first-order chi connectivity index (χ1) is 9.04. The highest BCUT2D eigenvalue weighted by molar-refractivity contribution is 5.76. The fourth-order valence-corrected chi connectivity index (χ4v) is 1.73. The molecule has 0 aliphatic rings. The number of hydrogen-bond donors (Lipinski definition) is 3. The molecule has 0 aliphatic heterocycles. The molecule has 19 heavy (non-hydrogen) atoms. The molecule has 0 aromatic heterocycles. The summed E-state index contributed by atoms with van der Waals surface area (Å²) >= 11 is 0. The summed E-state index contributed by atoms with van der Waals surface area (Å²) in [5.41, 5.74) is 0.722. The molecule has 0 saturated carbocycles. The fourth-order valence-electron chi connectivity index (χ4n) is 1.73. The van der Waals surface area contributed by atoms with Crippen LogP contribution in [-0.4, -0.2) is 28.8 Å². The summed E-state index contributed by atoms with van der Waals surface area (Å²) in [6.45, 7) is 4.17. The van der Waals surface area contributed by atoms with Crippen LogP contribution in [0.15, 0.2) is 30.3 Å². The Bertz CT molecular complexity index is 380. The molecule has 0 aliphatic carbocycles. The molecule has 1 aromatic carbocycles. The van der Waals surface area contributed by atoms with E-state index in [1.54, 1.807) is 12.1 Å². The molecule has 0 fully saturated rings. The second-order valence-corrected chi connectivity index (χ2v) is 4.89. The number of hydrogen-bond acceptors (Lipinski definition) is 3. The van der Waals surface area contributed by atoms with E-state index in [0.29, 0.717) is 0 Å². The van der Waals surface area contributed by atoms with Gasteiger partial charge in [-0.25, -0.2) is 0 Å². The molecule has 106 valence electrons. The van der Waals surface area contributed by atoms with Crippen LogP contribution in [0.1, 0.15) is 38.4 Å². The lowest BCUT2D eigenvalue weighted by Crippen LogP contribution is -2.35. The lowest BCUT2D eigenvalue weighted by molar-refractivity contribution is -0.123. The summed E-state index contributed by atoms with van der Waals surface area (Å²) in [7, 11) is 0. The van der Waals surface area contributed by atoms with E-state index in [0.717, 1.165) is 12.0 Å². The molecule has 0 bridgehead atoms. The number of amides is 1. The molecule has 0 heterocycles. The van der Waals surface area contributed by atoms with Gasteiger partial charge < -0.3 is 15.5 Å². The van der Waals surface area contributed by atoms with Crippen LogP contribution < -0.4 is 5.32 Å². The van der Waals surface area contributed by atoms with E-state index in [1.165, 1.54) is 0 Å². The van der Waals surface area contributed by atoms with Gasteiger partial charge in [-0.3, -0.25) is 4.79 Å². The first-order valence-corrected chi connectivity index (χ1v) is 6.72. The van der Waals surface area contributed by atoms with Gasteiger partial charge in [0, 0.05) is 6.54 Å². The topological polar surface area (TPSA) is 69.6 Å². The zero-order valence-electron chi connectivity index (χ0n) is 11.5. The third-order valence-electron chi connectivity index (χ3n) is 3.37. The number of aliphatic hydroxyl groups excluding tert-OH is 2. The highest BCUT2D eigenvalue weighted by Crippen LogP contribution is 2.15. The molecule has 3 unspecified atom stereocenters. The zero-order chi connectivity index (χ0) is 14.3. The van der Waals surface area contributed by atoms with Crippen molar-refractivity contribution in [1.29, 1.82) is 0 Å².